The molecular weight excluding hydrogens is 481 g/mol. The van der Waals surface area contributed by atoms with Crippen LogP contribution in [0.15, 0.2) is 58.4 Å². The zero-order chi connectivity index (χ0) is 24.3. The van der Waals surface area contributed by atoms with E-state index in [4.69, 9.17) is 4.74 Å². The number of aromatic nitrogens is 1. The number of fused-ring (bicyclic) bond motifs is 1. The van der Waals surface area contributed by atoms with Crippen molar-refractivity contribution in [3.05, 3.63) is 59.1 Å². The lowest BCUT2D eigenvalue weighted by molar-refractivity contribution is -0.143. The zero-order valence-corrected chi connectivity index (χ0v) is 20.1. The maximum absolute atomic E-state index is 13.2. The predicted molar refractivity (Wildman–Crippen MR) is 125 cm³/mol. The molecular formula is C23H24FN3O5S2. The van der Waals surface area contributed by atoms with Crippen molar-refractivity contribution < 1.29 is 27.1 Å². The van der Waals surface area contributed by atoms with Gasteiger partial charge in [0.05, 0.1) is 27.6 Å². The molecule has 1 amide bonds. The van der Waals surface area contributed by atoms with Crippen molar-refractivity contribution in [1.82, 2.24) is 8.87 Å². The number of carbonyl (C=O) groups is 2. The SMILES string of the molecule is CCOC(=O)Cn1c(=NC(=O)C2CCCN(S(=O)(=O)c3ccc(F)cc3)C2)sc2ccccc21. The first-order valence-corrected chi connectivity index (χ1v) is 13.1. The summed E-state index contributed by atoms with van der Waals surface area (Å²) in [7, 11) is -3.86. The number of ether oxygens (including phenoxy) is 1. The maximum atomic E-state index is 13.2. The van der Waals surface area contributed by atoms with Crippen LogP contribution in [0.4, 0.5) is 4.39 Å². The summed E-state index contributed by atoms with van der Waals surface area (Å²) in [5.74, 6) is -2.02. The van der Waals surface area contributed by atoms with Crippen molar-refractivity contribution in [2.75, 3.05) is 19.7 Å². The highest BCUT2D eigenvalue weighted by molar-refractivity contribution is 7.89. The molecule has 3 aromatic rings. The molecule has 0 aliphatic carbocycles. The summed E-state index contributed by atoms with van der Waals surface area (Å²) in [6, 6.07) is 12.0. The van der Waals surface area contributed by atoms with Gasteiger partial charge in [-0.05, 0) is 56.2 Å². The lowest BCUT2D eigenvalue weighted by Crippen LogP contribution is -2.42. The molecule has 0 bridgehead atoms. The minimum absolute atomic E-state index is 0.00911. The van der Waals surface area contributed by atoms with E-state index >= 15 is 0 Å². The summed E-state index contributed by atoms with van der Waals surface area (Å²) in [6.07, 6.45) is 1.00. The molecule has 1 aromatic heterocycles. The van der Waals surface area contributed by atoms with Crippen LogP contribution >= 0.6 is 11.3 Å². The van der Waals surface area contributed by atoms with Crippen LogP contribution in [0.3, 0.4) is 0 Å². The summed E-state index contributed by atoms with van der Waals surface area (Å²) in [5.41, 5.74) is 0.760. The van der Waals surface area contributed by atoms with Gasteiger partial charge in [0.1, 0.15) is 12.4 Å². The average Bonchev–Trinajstić information content (AvgIpc) is 3.16. The standard InChI is InChI=1S/C23H24FN3O5S2/c1-2-32-21(28)15-27-19-7-3-4-8-20(19)33-23(27)25-22(29)16-6-5-13-26(14-16)34(30,31)18-11-9-17(24)10-12-18/h3-4,7-12,16H,2,5-6,13-15H2,1H3. The fourth-order valence-electron chi connectivity index (χ4n) is 3.90. The van der Waals surface area contributed by atoms with Gasteiger partial charge in [0.15, 0.2) is 4.80 Å². The fraction of sp³-hybridized carbons (Fsp3) is 0.348. The third-order valence-electron chi connectivity index (χ3n) is 5.57. The van der Waals surface area contributed by atoms with E-state index in [1.807, 2.05) is 24.3 Å². The van der Waals surface area contributed by atoms with Gasteiger partial charge in [-0.15, -0.1) is 0 Å². The van der Waals surface area contributed by atoms with Crippen LogP contribution in [0.25, 0.3) is 10.2 Å². The molecule has 0 radical (unpaired) electrons. The van der Waals surface area contributed by atoms with E-state index in [1.165, 1.54) is 27.8 Å². The first-order chi connectivity index (χ1) is 16.3. The Morgan fingerprint density at radius 2 is 1.91 bits per heavy atom. The van der Waals surface area contributed by atoms with Gasteiger partial charge in [-0.2, -0.15) is 9.30 Å². The van der Waals surface area contributed by atoms with E-state index in [1.54, 1.807) is 11.5 Å². The third-order valence-corrected chi connectivity index (χ3v) is 8.51. The Morgan fingerprint density at radius 1 is 1.18 bits per heavy atom. The van der Waals surface area contributed by atoms with Gasteiger partial charge in [-0.1, -0.05) is 23.5 Å². The minimum Gasteiger partial charge on any atom is -0.465 e. The number of carbonyl (C=O) groups excluding carboxylic acids is 2. The monoisotopic (exact) mass is 505 g/mol. The number of halogens is 1. The van der Waals surface area contributed by atoms with Gasteiger partial charge in [-0.3, -0.25) is 9.59 Å². The largest absolute Gasteiger partial charge is 0.465 e. The minimum atomic E-state index is -3.86. The van der Waals surface area contributed by atoms with Gasteiger partial charge in [0.2, 0.25) is 10.0 Å². The third kappa shape index (κ3) is 5.11. The molecule has 1 aliphatic heterocycles. The van der Waals surface area contributed by atoms with Crippen molar-refractivity contribution in [3.63, 3.8) is 0 Å². The molecule has 0 N–H and O–H groups in total. The highest BCUT2D eigenvalue weighted by Crippen LogP contribution is 2.25. The Hall–Kier alpha value is -2.89. The lowest BCUT2D eigenvalue weighted by atomic mass is 9.99. The number of thiazole rings is 1. The smallest absolute Gasteiger partial charge is 0.326 e. The molecule has 11 heteroatoms. The molecule has 34 heavy (non-hydrogen) atoms. The molecule has 4 rings (SSSR count). The quantitative estimate of drug-likeness (QED) is 0.480. The number of esters is 1. The molecule has 0 saturated carbocycles. The first-order valence-electron chi connectivity index (χ1n) is 10.9. The van der Waals surface area contributed by atoms with Crippen LogP contribution in [0, 0.1) is 11.7 Å². The first kappa shape index (κ1) is 24.2. The molecule has 1 saturated heterocycles. The van der Waals surface area contributed by atoms with Gasteiger partial charge in [-0.25, -0.2) is 12.8 Å². The average molecular weight is 506 g/mol. The number of hydrogen-bond donors (Lipinski definition) is 0. The van der Waals surface area contributed by atoms with E-state index in [9.17, 15) is 22.4 Å². The molecule has 1 fully saturated rings. The van der Waals surface area contributed by atoms with Crippen LogP contribution in [-0.4, -0.2) is 48.9 Å². The number of amides is 1. The van der Waals surface area contributed by atoms with Gasteiger partial charge >= 0.3 is 5.97 Å². The topological polar surface area (TPSA) is 98.0 Å². The number of rotatable bonds is 6. The van der Waals surface area contributed by atoms with E-state index < -0.39 is 33.6 Å². The molecule has 1 atom stereocenters. The molecule has 180 valence electrons. The second-order valence-electron chi connectivity index (χ2n) is 7.85. The number of sulfonamides is 1. The molecule has 1 unspecified atom stereocenters. The summed E-state index contributed by atoms with van der Waals surface area (Å²) < 4.78 is 48.0. The second-order valence-corrected chi connectivity index (χ2v) is 10.8. The molecule has 0 spiro atoms. The fourth-order valence-corrected chi connectivity index (χ4v) is 6.46. The molecule has 8 nitrogen and oxygen atoms in total. The van der Waals surface area contributed by atoms with Crippen molar-refractivity contribution >= 4 is 43.5 Å². The summed E-state index contributed by atoms with van der Waals surface area (Å²) in [5, 5.41) is 0. The highest BCUT2D eigenvalue weighted by Gasteiger charge is 2.33. The van der Waals surface area contributed by atoms with Gasteiger partial charge in [0.25, 0.3) is 5.91 Å². The maximum Gasteiger partial charge on any atom is 0.326 e. The van der Waals surface area contributed by atoms with Crippen LogP contribution in [0.5, 0.6) is 0 Å². The Labute approximate surface area is 200 Å². The predicted octanol–water partition coefficient (Wildman–Crippen LogP) is 2.93. The Morgan fingerprint density at radius 3 is 2.65 bits per heavy atom. The Kier molecular flexibility index (Phi) is 7.24. The van der Waals surface area contributed by atoms with Crippen molar-refractivity contribution in [1.29, 1.82) is 0 Å². The van der Waals surface area contributed by atoms with E-state index in [0.717, 1.165) is 22.3 Å². The van der Waals surface area contributed by atoms with Crippen LogP contribution in [0.1, 0.15) is 19.8 Å². The molecule has 2 heterocycles. The number of piperidine rings is 1. The molecule has 2 aromatic carbocycles. The number of benzene rings is 2. The van der Waals surface area contributed by atoms with Crippen molar-refractivity contribution in [3.8, 4) is 0 Å². The van der Waals surface area contributed by atoms with Crippen LogP contribution in [-0.2, 0) is 30.9 Å². The van der Waals surface area contributed by atoms with E-state index in [-0.39, 0.29) is 31.1 Å². The summed E-state index contributed by atoms with van der Waals surface area (Å²) >= 11 is 1.28. The van der Waals surface area contributed by atoms with E-state index in [2.05, 4.69) is 4.99 Å². The van der Waals surface area contributed by atoms with Gasteiger partial charge in [0, 0.05) is 13.1 Å². The van der Waals surface area contributed by atoms with Crippen LogP contribution < -0.4 is 4.80 Å². The number of hydrogen-bond acceptors (Lipinski definition) is 6. The second kappa shape index (κ2) is 10.2. The van der Waals surface area contributed by atoms with E-state index in [0.29, 0.717) is 17.6 Å². The molecule has 1 aliphatic rings. The van der Waals surface area contributed by atoms with Crippen LogP contribution in [0.2, 0.25) is 0 Å². The zero-order valence-electron chi connectivity index (χ0n) is 18.5. The van der Waals surface area contributed by atoms with Crippen molar-refractivity contribution in [2.45, 2.75) is 31.2 Å². The lowest BCUT2D eigenvalue weighted by Gasteiger charge is -2.30. The number of para-hydroxylation sites is 1. The summed E-state index contributed by atoms with van der Waals surface area (Å²) in [6.45, 7) is 2.14. The normalized spacial score (nSPS) is 17.7. The Balaban J connectivity index is 1.61. The number of nitrogens with zero attached hydrogens (tertiary/aromatic N) is 3. The highest BCUT2D eigenvalue weighted by atomic mass is 32.2. The summed E-state index contributed by atoms with van der Waals surface area (Å²) in [4.78, 5) is 29.9. The van der Waals surface area contributed by atoms with Gasteiger partial charge < -0.3 is 9.30 Å². The Bertz CT molecular complexity index is 1380. The van der Waals surface area contributed by atoms with Crippen molar-refractivity contribution in [2.24, 2.45) is 10.9 Å².